The molecule has 0 atom stereocenters. The second-order valence-electron chi connectivity index (χ2n) is 2.85. The summed E-state index contributed by atoms with van der Waals surface area (Å²) in [6, 6.07) is 0. The van der Waals surface area contributed by atoms with E-state index in [2.05, 4.69) is 6.58 Å². The lowest BCUT2D eigenvalue weighted by Crippen LogP contribution is -2.15. The molecule has 0 amide bonds. The summed E-state index contributed by atoms with van der Waals surface area (Å²) in [5.41, 5.74) is 1.80. The van der Waals surface area contributed by atoms with Crippen molar-refractivity contribution < 1.29 is 8.42 Å². The molecule has 3 heteroatoms. The van der Waals surface area contributed by atoms with Gasteiger partial charge in [0.2, 0.25) is 0 Å². The Hall–Kier alpha value is -0.570. The summed E-state index contributed by atoms with van der Waals surface area (Å²) < 4.78 is 22.5. The quantitative estimate of drug-likeness (QED) is 0.557. The van der Waals surface area contributed by atoms with Crippen LogP contribution in [0.2, 0.25) is 0 Å². The molecule has 11 heavy (non-hydrogen) atoms. The fourth-order valence-corrected chi connectivity index (χ4v) is 2.51. The van der Waals surface area contributed by atoms with Gasteiger partial charge in [-0.1, -0.05) is 12.2 Å². The minimum Gasteiger partial charge on any atom is -0.224 e. The van der Waals surface area contributed by atoms with Crippen LogP contribution in [0.15, 0.2) is 22.6 Å². The molecule has 0 saturated carbocycles. The molecule has 0 aromatic carbocycles. The molecule has 0 saturated heterocycles. The highest BCUT2D eigenvalue weighted by atomic mass is 32.2. The summed E-state index contributed by atoms with van der Waals surface area (Å²) >= 11 is 0. The third-order valence-corrected chi connectivity index (χ3v) is 4.18. The van der Waals surface area contributed by atoms with Crippen LogP contribution < -0.4 is 0 Å². The van der Waals surface area contributed by atoms with Crippen molar-refractivity contribution in [2.24, 2.45) is 0 Å². The summed E-state index contributed by atoms with van der Waals surface area (Å²) in [4.78, 5) is 0.494. The van der Waals surface area contributed by atoms with E-state index in [0.29, 0.717) is 11.3 Å². The molecule has 1 aliphatic rings. The van der Waals surface area contributed by atoms with Crippen LogP contribution in [0, 0.1) is 0 Å². The molecular weight excluding hydrogens is 160 g/mol. The Morgan fingerprint density at radius 1 is 1.36 bits per heavy atom. The van der Waals surface area contributed by atoms with E-state index in [-0.39, 0.29) is 5.75 Å². The number of hydrogen-bond acceptors (Lipinski definition) is 2. The number of rotatable bonds is 0. The summed E-state index contributed by atoms with van der Waals surface area (Å²) in [5, 5.41) is 0. The Bertz CT molecular complexity index is 320. The summed E-state index contributed by atoms with van der Waals surface area (Å²) in [6.45, 7) is 7.25. The standard InChI is InChI=1S/C8H12O2S/c1-6-4-5-11(9,10)8(3)7(6)2/h1,4-5H2,2-3H3. The summed E-state index contributed by atoms with van der Waals surface area (Å²) in [7, 11) is -2.92. The number of hydrogen-bond donors (Lipinski definition) is 0. The molecule has 0 radical (unpaired) electrons. The van der Waals surface area contributed by atoms with Crippen molar-refractivity contribution in [1.82, 2.24) is 0 Å². The molecule has 0 fully saturated rings. The Labute approximate surface area is 67.5 Å². The zero-order valence-corrected chi connectivity index (χ0v) is 7.66. The van der Waals surface area contributed by atoms with Crippen LogP contribution in [0.5, 0.6) is 0 Å². The van der Waals surface area contributed by atoms with E-state index in [1.807, 2.05) is 6.92 Å². The Kier molecular flexibility index (Phi) is 1.92. The van der Waals surface area contributed by atoms with Gasteiger partial charge in [0, 0.05) is 4.91 Å². The first-order valence-electron chi connectivity index (χ1n) is 3.53. The highest BCUT2D eigenvalue weighted by Crippen LogP contribution is 2.26. The van der Waals surface area contributed by atoms with Crippen LogP contribution in [0.1, 0.15) is 20.3 Å². The van der Waals surface area contributed by atoms with Crippen molar-refractivity contribution in [2.75, 3.05) is 5.75 Å². The number of allylic oxidation sites excluding steroid dienone is 3. The molecule has 0 spiro atoms. The van der Waals surface area contributed by atoms with Crippen LogP contribution in [-0.2, 0) is 9.84 Å². The van der Waals surface area contributed by atoms with Crippen LogP contribution in [-0.4, -0.2) is 14.2 Å². The van der Waals surface area contributed by atoms with E-state index >= 15 is 0 Å². The predicted molar refractivity (Wildman–Crippen MR) is 45.9 cm³/mol. The first-order chi connectivity index (χ1) is 4.95. The second kappa shape index (κ2) is 2.48. The SMILES string of the molecule is C=C1CCS(=O)(=O)C(C)=C1C. The molecule has 0 aromatic heterocycles. The minimum atomic E-state index is -2.92. The molecule has 0 N–H and O–H groups in total. The van der Waals surface area contributed by atoms with Gasteiger partial charge < -0.3 is 0 Å². The molecule has 0 aromatic rings. The maximum absolute atomic E-state index is 11.2. The van der Waals surface area contributed by atoms with Crippen LogP contribution in [0.3, 0.4) is 0 Å². The van der Waals surface area contributed by atoms with Gasteiger partial charge in [-0.2, -0.15) is 0 Å². The number of sulfone groups is 1. The average Bonchev–Trinajstić information content (AvgIpc) is 1.95. The van der Waals surface area contributed by atoms with Crippen molar-refractivity contribution in [3.05, 3.63) is 22.6 Å². The molecule has 0 unspecified atom stereocenters. The van der Waals surface area contributed by atoms with Gasteiger partial charge >= 0.3 is 0 Å². The molecule has 2 nitrogen and oxygen atoms in total. The highest BCUT2D eigenvalue weighted by molar-refractivity contribution is 7.95. The fourth-order valence-electron chi connectivity index (χ4n) is 1.08. The van der Waals surface area contributed by atoms with Gasteiger partial charge in [-0.15, -0.1) is 0 Å². The molecule has 1 heterocycles. The predicted octanol–water partition coefficient (Wildman–Crippen LogP) is 1.66. The maximum atomic E-state index is 11.2. The lowest BCUT2D eigenvalue weighted by atomic mass is 10.1. The van der Waals surface area contributed by atoms with Crippen molar-refractivity contribution in [3.63, 3.8) is 0 Å². The lowest BCUT2D eigenvalue weighted by molar-refractivity contribution is 0.599. The Morgan fingerprint density at radius 3 is 2.36 bits per heavy atom. The molecule has 1 rings (SSSR count). The third kappa shape index (κ3) is 1.38. The molecule has 0 aliphatic carbocycles. The van der Waals surface area contributed by atoms with Crippen molar-refractivity contribution in [3.8, 4) is 0 Å². The molecule has 0 bridgehead atoms. The maximum Gasteiger partial charge on any atom is 0.174 e. The van der Waals surface area contributed by atoms with Gasteiger partial charge in [-0.3, -0.25) is 0 Å². The van der Waals surface area contributed by atoms with Crippen LogP contribution >= 0.6 is 0 Å². The van der Waals surface area contributed by atoms with Crippen molar-refractivity contribution in [2.45, 2.75) is 20.3 Å². The van der Waals surface area contributed by atoms with Gasteiger partial charge in [0.1, 0.15) is 0 Å². The molecule has 1 aliphatic heterocycles. The van der Waals surface area contributed by atoms with Crippen molar-refractivity contribution in [1.29, 1.82) is 0 Å². The first kappa shape index (κ1) is 8.53. The lowest BCUT2D eigenvalue weighted by Gasteiger charge is -2.16. The van der Waals surface area contributed by atoms with E-state index in [1.165, 1.54) is 0 Å². The zero-order chi connectivity index (χ0) is 8.65. The third-order valence-electron chi connectivity index (χ3n) is 2.20. The summed E-state index contributed by atoms with van der Waals surface area (Å²) in [5.74, 6) is 0.231. The zero-order valence-electron chi connectivity index (χ0n) is 6.85. The first-order valence-corrected chi connectivity index (χ1v) is 5.19. The van der Waals surface area contributed by atoms with E-state index in [0.717, 1.165) is 11.1 Å². The van der Waals surface area contributed by atoms with Gasteiger partial charge in [-0.25, -0.2) is 8.42 Å². The van der Waals surface area contributed by atoms with E-state index in [4.69, 9.17) is 0 Å². The minimum absolute atomic E-state index is 0.231. The molecular formula is C8H12O2S. The van der Waals surface area contributed by atoms with E-state index in [1.54, 1.807) is 6.92 Å². The largest absolute Gasteiger partial charge is 0.224 e. The van der Waals surface area contributed by atoms with Gasteiger partial charge in [0.25, 0.3) is 0 Å². The second-order valence-corrected chi connectivity index (χ2v) is 5.10. The van der Waals surface area contributed by atoms with Gasteiger partial charge in [-0.05, 0) is 25.8 Å². The topological polar surface area (TPSA) is 34.1 Å². The smallest absolute Gasteiger partial charge is 0.174 e. The van der Waals surface area contributed by atoms with Crippen LogP contribution in [0.25, 0.3) is 0 Å². The highest BCUT2D eigenvalue weighted by Gasteiger charge is 2.22. The Morgan fingerprint density at radius 2 is 1.91 bits per heavy atom. The Balaban J connectivity index is 3.29. The van der Waals surface area contributed by atoms with Crippen molar-refractivity contribution >= 4 is 9.84 Å². The van der Waals surface area contributed by atoms with Gasteiger partial charge in [0.05, 0.1) is 5.75 Å². The molecule has 62 valence electrons. The fraction of sp³-hybridized carbons (Fsp3) is 0.500. The van der Waals surface area contributed by atoms with Crippen LogP contribution in [0.4, 0.5) is 0 Å². The monoisotopic (exact) mass is 172 g/mol. The van der Waals surface area contributed by atoms with E-state index in [9.17, 15) is 8.42 Å². The average molecular weight is 172 g/mol. The normalized spacial score (nSPS) is 24.0. The summed E-state index contributed by atoms with van der Waals surface area (Å²) in [6.07, 6.45) is 0.589. The van der Waals surface area contributed by atoms with Gasteiger partial charge in [0.15, 0.2) is 9.84 Å². The van der Waals surface area contributed by atoms with E-state index < -0.39 is 9.84 Å².